The molecule has 10 heteroatoms. The lowest BCUT2D eigenvalue weighted by atomic mass is 10.2. The Bertz CT molecular complexity index is 820. The summed E-state index contributed by atoms with van der Waals surface area (Å²) in [7, 11) is -1.51. The molecule has 1 fully saturated rings. The number of aromatic nitrogens is 1. The van der Waals surface area contributed by atoms with Crippen molar-refractivity contribution in [3.63, 3.8) is 0 Å². The number of primary amides is 1. The number of ether oxygens (including phenoxy) is 1. The fraction of sp³-hybridized carbons (Fsp3) is 0.250. The lowest BCUT2D eigenvalue weighted by Crippen LogP contribution is -2.32. The van der Waals surface area contributed by atoms with Gasteiger partial charge in [-0.1, -0.05) is 0 Å². The van der Waals surface area contributed by atoms with E-state index in [1.54, 1.807) is 0 Å². The molecular formula is C12H10FN3O5S. The zero-order chi connectivity index (χ0) is 16.0. The van der Waals surface area contributed by atoms with Gasteiger partial charge in [0.05, 0.1) is 12.2 Å². The van der Waals surface area contributed by atoms with Crippen molar-refractivity contribution < 1.29 is 27.3 Å². The standard InChI is InChI=1S/C12H10FN3O5S/c1-22(19)11-15-9-6(13)2-5(3-7(9)20-11)16-4-8(10(14)17)21-12(16)18/h2-3,8H,4H2,1H3,(H2,14,17)/t8-,22?/m1/s1. The number of carbonyl (C=O) groups excluding carboxylic acids is 2. The van der Waals surface area contributed by atoms with Crippen LogP contribution in [0.2, 0.25) is 0 Å². The van der Waals surface area contributed by atoms with Gasteiger partial charge in [0.25, 0.3) is 11.1 Å². The van der Waals surface area contributed by atoms with E-state index in [1.165, 1.54) is 12.3 Å². The largest absolute Gasteiger partial charge is 0.434 e. The van der Waals surface area contributed by atoms with Gasteiger partial charge in [-0.15, -0.1) is 0 Å². The highest BCUT2D eigenvalue weighted by Gasteiger charge is 2.36. The van der Waals surface area contributed by atoms with E-state index >= 15 is 0 Å². The Morgan fingerprint density at radius 1 is 1.55 bits per heavy atom. The van der Waals surface area contributed by atoms with E-state index in [1.807, 2.05) is 0 Å². The summed E-state index contributed by atoms with van der Waals surface area (Å²) >= 11 is 0. The van der Waals surface area contributed by atoms with Gasteiger partial charge in [0, 0.05) is 18.4 Å². The summed E-state index contributed by atoms with van der Waals surface area (Å²) in [4.78, 5) is 27.6. The third-order valence-electron chi connectivity index (χ3n) is 3.10. The molecule has 2 aromatic rings. The van der Waals surface area contributed by atoms with E-state index in [4.69, 9.17) is 14.9 Å². The number of cyclic esters (lactones) is 1. The van der Waals surface area contributed by atoms with Crippen LogP contribution in [0.5, 0.6) is 0 Å². The maximum Gasteiger partial charge on any atom is 0.415 e. The van der Waals surface area contributed by atoms with Crippen LogP contribution in [0, 0.1) is 5.82 Å². The summed E-state index contributed by atoms with van der Waals surface area (Å²) in [5.41, 5.74) is 5.15. The van der Waals surface area contributed by atoms with Crippen molar-refractivity contribution in [2.45, 2.75) is 11.3 Å². The zero-order valence-corrected chi connectivity index (χ0v) is 12.1. The van der Waals surface area contributed by atoms with E-state index in [0.717, 1.165) is 11.0 Å². The number of halogens is 1. The predicted octanol–water partition coefficient (Wildman–Crippen LogP) is 0.515. The summed E-state index contributed by atoms with van der Waals surface area (Å²) < 4.78 is 35.4. The van der Waals surface area contributed by atoms with Gasteiger partial charge in [-0.05, 0) is 0 Å². The van der Waals surface area contributed by atoms with Crippen molar-refractivity contribution in [1.82, 2.24) is 4.98 Å². The molecule has 2 atom stereocenters. The second kappa shape index (κ2) is 5.05. The van der Waals surface area contributed by atoms with Gasteiger partial charge in [0.2, 0.25) is 0 Å². The van der Waals surface area contributed by atoms with E-state index < -0.39 is 34.7 Å². The number of nitrogens with zero attached hydrogens (tertiary/aromatic N) is 2. The molecule has 2 heterocycles. The van der Waals surface area contributed by atoms with Gasteiger partial charge < -0.3 is 14.9 Å². The molecule has 116 valence electrons. The van der Waals surface area contributed by atoms with Gasteiger partial charge in [0.1, 0.15) is 16.3 Å². The number of anilines is 1. The van der Waals surface area contributed by atoms with Crippen molar-refractivity contribution >= 4 is 39.6 Å². The summed E-state index contributed by atoms with van der Waals surface area (Å²) in [6.45, 7) is -0.125. The Morgan fingerprint density at radius 2 is 2.27 bits per heavy atom. The van der Waals surface area contributed by atoms with E-state index in [0.29, 0.717) is 0 Å². The highest BCUT2D eigenvalue weighted by atomic mass is 32.2. The first-order valence-corrected chi connectivity index (χ1v) is 7.63. The molecule has 2 N–H and O–H groups in total. The van der Waals surface area contributed by atoms with Crippen molar-refractivity contribution in [1.29, 1.82) is 0 Å². The number of hydrogen-bond donors (Lipinski definition) is 1. The molecule has 22 heavy (non-hydrogen) atoms. The third kappa shape index (κ3) is 2.30. The molecule has 1 saturated heterocycles. The Balaban J connectivity index is 2.03. The van der Waals surface area contributed by atoms with Crippen LogP contribution in [0.3, 0.4) is 0 Å². The molecular weight excluding hydrogens is 317 g/mol. The minimum atomic E-state index is -1.51. The molecule has 1 aliphatic rings. The second-order valence-electron chi connectivity index (χ2n) is 4.59. The lowest BCUT2D eigenvalue weighted by molar-refractivity contribution is -0.124. The van der Waals surface area contributed by atoms with Gasteiger partial charge >= 0.3 is 6.09 Å². The normalized spacial score (nSPS) is 19.5. The molecule has 0 spiro atoms. The molecule has 0 radical (unpaired) electrons. The predicted molar refractivity (Wildman–Crippen MR) is 73.1 cm³/mol. The van der Waals surface area contributed by atoms with Crippen LogP contribution in [0.4, 0.5) is 14.9 Å². The zero-order valence-electron chi connectivity index (χ0n) is 11.2. The van der Waals surface area contributed by atoms with E-state index in [-0.39, 0.29) is 28.6 Å². The topological polar surface area (TPSA) is 116 Å². The van der Waals surface area contributed by atoms with Gasteiger partial charge in [-0.25, -0.2) is 13.4 Å². The molecule has 3 rings (SSSR count). The van der Waals surface area contributed by atoms with Gasteiger partial charge in [0.15, 0.2) is 17.5 Å². The monoisotopic (exact) mass is 327 g/mol. The minimum absolute atomic E-state index is 0.0375. The van der Waals surface area contributed by atoms with Crippen molar-refractivity contribution in [2.24, 2.45) is 5.73 Å². The van der Waals surface area contributed by atoms with Gasteiger partial charge in [-0.3, -0.25) is 9.69 Å². The Hall–Kier alpha value is -2.49. The van der Waals surface area contributed by atoms with Crippen LogP contribution in [0.1, 0.15) is 0 Å². The highest BCUT2D eigenvalue weighted by Crippen LogP contribution is 2.29. The van der Waals surface area contributed by atoms with Crippen LogP contribution in [-0.4, -0.2) is 40.1 Å². The summed E-state index contributed by atoms with van der Waals surface area (Å²) in [5, 5.41) is -0.120. The summed E-state index contributed by atoms with van der Waals surface area (Å²) in [6, 6.07) is 2.41. The smallest absolute Gasteiger partial charge is 0.415 e. The first kappa shape index (κ1) is 14.4. The maximum absolute atomic E-state index is 14.1. The molecule has 1 aliphatic heterocycles. The summed E-state index contributed by atoms with van der Waals surface area (Å²) in [5.74, 6) is -1.54. The average molecular weight is 327 g/mol. The van der Waals surface area contributed by atoms with E-state index in [2.05, 4.69) is 4.98 Å². The van der Waals surface area contributed by atoms with Gasteiger partial charge in [-0.2, -0.15) is 4.98 Å². The van der Waals surface area contributed by atoms with E-state index in [9.17, 15) is 18.2 Å². The number of rotatable bonds is 3. The molecule has 0 saturated carbocycles. The number of hydrogen-bond acceptors (Lipinski definition) is 6. The number of benzene rings is 1. The molecule has 1 aromatic heterocycles. The Labute approximate surface area is 125 Å². The van der Waals surface area contributed by atoms with Crippen molar-refractivity contribution in [2.75, 3.05) is 17.7 Å². The third-order valence-corrected chi connectivity index (χ3v) is 3.77. The fourth-order valence-corrected chi connectivity index (χ4v) is 2.48. The minimum Gasteiger partial charge on any atom is -0.434 e. The van der Waals surface area contributed by atoms with Crippen LogP contribution in [0.15, 0.2) is 21.8 Å². The quantitative estimate of drug-likeness (QED) is 0.878. The average Bonchev–Trinajstić information content (AvgIpc) is 3.02. The molecule has 2 amide bonds. The highest BCUT2D eigenvalue weighted by molar-refractivity contribution is 7.84. The SMILES string of the molecule is CS(=O)c1nc2c(F)cc(N3C[C@H](C(N)=O)OC3=O)cc2o1. The Morgan fingerprint density at radius 3 is 2.86 bits per heavy atom. The number of fused-ring (bicyclic) bond motifs is 1. The van der Waals surface area contributed by atoms with Crippen LogP contribution >= 0.6 is 0 Å². The number of amides is 2. The summed E-state index contributed by atoms with van der Waals surface area (Å²) in [6.07, 6.45) is -0.570. The molecule has 0 bridgehead atoms. The van der Waals surface area contributed by atoms with Crippen LogP contribution in [-0.2, 0) is 20.3 Å². The van der Waals surface area contributed by atoms with Crippen LogP contribution in [0.25, 0.3) is 11.1 Å². The Kier molecular flexibility index (Phi) is 3.32. The molecule has 1 aromatic carbocycles. The molecule has 1 unspecified atom stereocenters. The molecule has 0 aliphatic carbocycles. The number of carbonyl (C=O) groups is 2. The fourth-order valence-electron chi connectivity index (χ4n) is 2.06. The van der Waals surface area contributed by atoms with Crippen molar-refractivity contribution in [3.05, 3.63) is 17.9 Å². The number of oxazole rings is 1. The van der Waals surface area contributed by atoms with Crippen LogP contribution < -0.4 is 10.6 Å². The number of nitrogens with two attached hydrogens (primary N) is 1. The lowest BCUT2D eigenvalue weighted by Gasteiger charge is -2.12. The second-order valence-corrected chi connectivity index (χ2v) is 5.85. The first-order chi connectivity index (χ1) is 10.4. The maximum atomic E-state index is 14.1. The molecule has 8 nitrogen and oxygen atoms in total. The first-order valence-electron chi connectivity index (χ1n) is 6.08. The van der Waals surface area contributed by atoms with Crippen molar-refractivity contribution in [3.8, 4) is 0 Å².